The van der Waals surface area contributed by atoms with E-state index in [2.05, 4.69) is 16.8 Å². The van der Waals surface area contributed by atoms with Crippen molar-refractivity contribution in [1.82, 2.24) is 9.97 Å². The van der Waals surface area contributed by atoms with Gasteiger partial charge >= 0.3 is 0 Å². The first-order chi connectivity index (χ1) is 9.28. The number of anilines is 1. The molecule has 3 rings (SSSR count). The van der Waals surface area contributed by atoms with Gasteiger partial charge in [-0.25, -0.2) is 4.98 Å². The van der Waals surface area contributed by atoms with Crippen molar-refractivity contribution >= 4 is 5.95 Å². The van der Waals surface area contributed by atoms with Crippen LogP contribution < -0.4 is 15.4 Å². The Hall–Kier alpha value is -1.36. The second-order valence-corrected chi connectivity index (χ2v) is 5.61. The fourth-order valence-electron chi connectivity index (χ4n) is 3.13. The zero-order chi connectivity index (χ0) is 13.2. The average molecular weight is 263 g/mol. The number of hydrogen-bond donors (Lipinski definition) is 2. The molecule has 2 aliphatic rings. The van der Waals surface area contributed by atoms with Crippen molar-refractivity contribution in [3.05, 3.63) is 21.6 Å². The van der Waals surface area contributed by atoms with E-state index in [0.717, 1.165) is 69.1 Å². The summed E-state index contributed by atoms with van der Waals surface area (Å²) in [4.78, 5) is 23.7. The van der Waals surface area contributed by atoms with Gasteiger partial charge < -0.3 is 9.80 Å². The highest BCUT2D eigenvalue weighted by Crippen LogP contribution is 2.17. The Morgan fingerprint density at radius 3 is 2.74 bits per heavy atom. The number of likely N-dealkylation sites (N-methyl/N-ethyl adjacent to an activating group) is 1. The third-order valence-electron chi connectivity index (χ3n) is 4.45. The summed E-state index contributed by atoms with van der Waals surface area (Å²) in [6, 6.07) is 0. The first-order valence-electron chi connectivity index (χ1n) is 7.48. The van der Waals surface area contributed by atoms with E-state index in [-0.39, 0.29) is 5.56 Å². The van der Waals surface area contributed by atoms with Crippen LogP contribution in [-0.4, -0.2) is 42.7 Å². The number of aryl methyl sites for hydroxylation is 1. The van der Waals surface area contributed by atoms with Crippen LogP contribution in [0.1, 0.15) is 31.0 Å². The van der Waals surface area contributed by atoms with E-state index in [1.807, 2.05) is 0 Å². The van der Waals surface area contributed by atoms with Crippen LogP contribution in [0.15, 0.2) is 4.79 Å². The molecule has 1 fully saturated rings. The van der Waals surface area contributed by atoms with Gasteiger partial charge in [0.2, 0.25) is 5.95 Å². The van der Waals surface area contributed by atoms with Crippen LogP contribution in [0.2, 0.25) is 0 Å². The van der Waals surface area contributed by atoms with E-state index in [0.29, 0.717) is 0 Å². The van der Waals surface area contributed by atoms with Crippen molar-refractivity contribution in [2.45, 2.75) is 32.6 Å². The Morgan fingerprint density at radius 2 is 2.00 bits per heavy atom. The molecule has 0 atom stereocenters. The molecule has 5 nitrogen and oxygen atoms in total. The van der Waals surface area contributed by atoms with Crippen LogP contribution in [0.25, 0.3) is 0 Å². The van der Waals surface area contributed by atoms with Gasteiger partial charge in [-0.2, -0.15) is 0 Å². The van der Waals surface area contributed by atoms with Gasteiger partial charge in [0.25, 0.3) is 5.56 Å². The predicted molar refractivity (Wildman–Crippen MR) is 75.0 cm³/mol. The van der Waals surface area contributed by atoms with E-state index in [1.165, 1.54) is 6.54 Å². The molecule has 1 aromatic rings. The molecule has 0 amide bonds. The molecule has 0 radical (unpaired) electrons. The summed E-state index contributed by atoms with van der Waals surface area (Å²) >= 11 is 0. The van der Waals surface area contributed by atoms with Crippen LogP contribution in [0.3, 0.4) is 0 Å². The van der Waals surface area contributed by atoms with Gasteiger partial charge in [-0.05, 0) is 32.6 Å². The van der Waals surface area contributed by atoms with E-state index in [1.54, 1.807) is 4.90 Å². The van der Waals surface area contributed by atoms with Crippen molar-refractivity contribution in [2.24, 2.45) is 0 Å². The molecule has 1 aliphatic carbocycles. The molecule has 0 saturated carbocycles. The second kappa shape index (κ2) is 5.33. The van der Waals surface area contributed by atoms with Gasteiger partial charge in [0, 0.05) is 5.56 Å². The van der Waals surface area contributed by atoms with Gasteiger partial charge in [-0.15, -0.1) is 0 Å². The highest BCUT2D eigenvalue weighted by Gasteiger charge is 2.22. The van der Waals surface area contributed by atoms with Crippen molar-refractivity contribution in [1.29, 1.82) is 0 Å². The molecule has 2 heterocycles. The van der Waals surface area contributed by atoms with E-state index < -0.39 is 0 Å². The number of aromatic nitrogens is 2. The molecule has 1 aromatic heterocycles. The fraction of sp³-hybridized carbons (Fsp3) is 0.714. The Labute approximate surface area is 113 Å². The minimum atomic E-state index is 0.0879. The molecule has 19 heavy (non-hydrogen) atoms. The maximum Gasteiger partial charge on any atom is 0.255 e. The molecule has 2 N–H and O–H groups in total. The Kier molecular flexibility index (Phi) is 3.55. The lowest BCUT2D eigenvalue weighted by Gasteiger charge is -2.32. The maximum absolute atomic E-state index is 12.1. The molecule has 0 bridgehead atoms. The minimum Gasteiger partial charge on any atom is -0.332 e. The smallest absolute Gasteiger partial charge is 0.255 e. The summed E-state index contributed by atoms with van der Waals surface area (Å²) in [5.74, 6) is 0.792. The van der Waals surface area contributed by atoms with Crippen molar-refractivity contribution in [3.63, 3.8) is 0 Å². The number of rotatable bonds is 2. The molecular weight excluding hydrogens is 240 g/mol. The number of fused-ring (bicyclic) bond motifs is 1. The zero-order valence-corrected chi connectivity index (χ0v) is 11.7. The summed E-state index contributed by atoms with van der Waals surface area (Å²) in [6.07, 6.45) is 4.14. The van der Waals surface area contributed by atoms with Crippen LogP contribution in [0.5, 0.6) is 0 Å². The molecule has 0 spiro atoms. The van der Waals surface area contributed by atoms with Crippen molar-refractivity contribution in [3.8, 4) is 0 Å². The number of aromatic amines is 1. The lowest BCUT2D eigenvalue weighted by atomic mass is 9.97. The molecule has 0 unspecified atom stereocenters. The Balaban J connectivity index is 1.82. The highest BCUT2D eigenvalue weighted by molar-refractivity contribution is 5.34. The third kappa shape index (κ3) is 2.52. The van der Waals surface area contributed by atoms with Crippen LogP contribution in [-0.2, 0) is 12.8 Å². The van der Waals surface area contributed by atoms with Gasteiger partial charge in [-0.3, -0.25) is 9.78 Å². The Morgan fingerprint density at radius 1 is 1.26 bits per heavy atom. The van der Waals surface area contributed by atoms with Crippen molar-refractivity contribution in [2.75, 3.05) is 37.6 Å². The van der Waals surface area contributed by atoms with E-state index >= 15 is 0 Å². The van der Waals surface area contributed by atoms with Gasteiger partial charge in [0.1, 0.15) is 0 Å². The number of nitrogens with zero attached hydrogens (tertiary/aromatic N) is 2. The predicted octanol–water partition coefficient (Wildman–Crippen LogP) is -0.626. The SMILES string of the molecule is CC[NH+]1CCN(c2nc3c(c(=O)[nH]2)CCCC3)CC1. The van der Waals surface area contributed by atoms with Gasteiger partial charge in [0.05, 0.1) is 38.4 Å². The van der Waals surface area contributed by atoms with Crippen LogP contribution in [0, 0.1) is 0 Å². The van der Waals surface area contributed by atoms with Gasteiger partial charge in [0.15, 0.2) is 0 Å². The van der Waals surface area contributed by atoms with Gasteiger partial charge in [-0.1, -0.05) is 0 Å². The average Bonchev–Trinajstić information content (AvgIpc) is 2.47. The van der Waals surface area contributed by atoms with Crippen LogP contribution in [0.4, 0.5) is 5.95 Å². The quantitative estimate of drug-likeness (QED) is 0.747. The molecule has 104 valence electrons. The minimum absolute atomic E-state index is 0.0879. The highest BCUT2D eigenvalue weighted by atomic mass is 16.1. The Bertz CT molecular complexity index is 503. The zero-order valence-electron chi connectivity index (χ0n) is 11.7. The summed E-state index contributed by atoms with van der Waals surface area (Å²) in [7, 11) is 0. The number of piperazine rings is 1. The largest absolute Gasteiger partial charge is 0.332 e. The fourth-order valence-corrected chi connectivity index (χ4v) is 3.13. The second-order valence-electron chi connectivity index (χ2n) is 5.61. The summed E-state index contributed by atoms with van der Waals surface area (Å²) in [6.45, 7) is 7.66. The number of hydrogen-bond acceptors (Lipinski definition) is 3. The standard InChI is InChI=1S/C14H22N4O/c1-2-17-7-9-18(10-8-17)14-15-12-6-4-3-5-11(12)13(19)16-14/h2-10H2,1H3,(H,15,16,19)/p+1. The van der Waals surface area contributed by atoms with Crippen molar-refractivity contribution < 1.29 is 4.90 Å². The monoisotopic (exact) mass is 263 g/mol. The van der Waals surface area contributed by atoms with E-state index in [4.69, 9.17) is 4.98 Å². The number of nitrogens with one attached hydrogen (secondary N) is 2. The number of H-pyrrole nitrogens is 1. The molecule has 1 saturated heterocycles. The number of quaternary nitrogens is 1. The summed E-state index contributed by atoms with van der Waals surface area (Å²) in [5.41, 5.74) is 2.05. The lowest BCUT2D eigenvalue weighted by molar-refractivity contribution is -0.898. The molecule has 0 aromatic carbocycles. The van der Waals surface area contributed by atoms with Crippen LogP contribution >= 0.6 is 0 Å². The normalized spacial score (nSPS) is 20.4. The topological polar surface area (TPSA) is 53.4 Å². The summed E-state index contributed by atoms with van der Waals surface area (Å²) < 4.78 is 0. The molecule has 5 heteroatoms. The lowest BCUT2D eigenvalue weighted by Crippen LogP contribution is -3.14. The third-order valence-corrected chi connectivity index (χ3v) is 4.45. The first kappa shape index (κ1) is 12.7. The van der Waals surface area contributed by atoms with E-state index in [9.17, 15) is 4.79 Å². The molecule has 1 aliphatic heterocycles. The maximum atomic E-state index is 12.1. The molecular formula is C14H23N4O+. The first-order valence-corrected chi connectivity index (χ1v) is 7.48. The summed E-state index contributed by atoms with van der Waals surface area (Å²) in [5, 5.41) is 0.